The normalized spacial score (nSPS) is 35.1. The minimum atomic E-state index is -0.665. The quantitative estimate of drug-likeness (QED) is 0.572. The summed E-state index contributed by atoms with van der Waals surface area (Å²) >= 11 is 0. The molecular weight excluding hydrogens is 304 g/mol. The lowest BCUT2D eigenvalue weighted by atomic mass is 9.48. The predicted octanol–water partition coefficient (Wildman–Crippen LogP) is 3.15. The Kier molecular flexibility index (Phi) is 3.83. The minimum Gasteiger partial charge on any atom is -0.504 e. The van der Waals surface area contributed by atoms with Crippen LogP contribution in [-0.4, -0.2) is 32.0 Å². The zero-order chi connectivity index (χ0) is 16.9. The van der Waals surface area contributed by atoms with Crippen LogP contribution >= 0.6 is 0 Å². The van der Waals surface area contributed by atoms with Gasteiger partial charge in [-0.1, -0.05) is 6.07 Å². The maximum absolute atomic E-state index is 10.8. The maximum Gasteiger partial charge on any atom is 0.301 e. The van der Waals surface area contributed by atoms with Crippen molar-refractivity contribution in [3.63, 3.8) is 0 Å². The molecule has 130 valence electrons. The first-order valence-electron chi connectivity index (χ1n) is 9.18. The van der Waals surface area contributed by atoms with Gasteiger partial charge in [0, 0.05) is 0 Å². The minimum absolute atomic E-state index is 0.0488. The molecule has 1 atom stereocenters. The van der Waals surface area contributed by atoms with Gasteiger partial charge in [0.05, 0.1) is 17.9 Å². The standard InChI is InChI=1S/C20H26O4/c21-16(6-12-1-2-17(22)18(23)7-12)8-19(24)20-9-13-3-14(10-20)5-15(4-13)11-20/h1-2,7,13-16,21-23H,3-6,8-11H2/p+1. The summed E-state index contributed by atoms with van der Waals surface area (Å²) in [7, 11) is 0. The van der Waals surface area contributed by atoms with Crippen molar-refractivity contribution < 1.29 is 20.1 Å². The molecule has 4 saturated carbocycles. The van der Waals surface area contributed by atoms with Crippen LogP contribution in [0.3, 0.4) is 0 Å². The third-order valence-electron chi connectivity index (χ3n) is 6.59. The Labute approximate surface area is 142 Å². The van der Waals surface area contributed by atoms with Crippen LogP contribution in [0.2, 0.25) is 0 Å². The summed E-state index contributed by atoms with van der Waals surface area (Å²) in [5.74, 6) is 2.47. The second-order valence-electron chi connectivity index (χ2n) is 8.53. The van der Waals surface area contributed by atoms with Gasteiger partial charge in [0.25, 0.3) is 0 Å². The molecule has 4 nitrogen and oxygen atoms in total. The molecule has 5 rings (SSSR count). The molecule has 1 aromatic carbocycles. The molecule has 4 bridgehead atoms. The Morgan fingerprint density at radius 1 is 1.04 bits per heavy atom. The molecule has 0 aliphatic heterocycles. The fourth-order valence-corrected chi connectivity index (χ4v) is 5.94. The van der Waals surface area contributed by atoms with E-state index in [9.17, 15) is 20.1 Å². The van der Waals surface area contributed by atoms with Crippen LogP contribution in [0.4, 0.5) is 0 Å². The fourth-order valence-electron chi connectivity index (χ4n) is 5.94. The van der Waals surface area contributed by atoms with Gasteiger partial charge in [-0.2, -0.15) is 0 Å². The molecule has 4 heteroatoms. The van der Waals surface area contributed by atoms with E-state index in [1.165, 1.54) is 31.4 Å². The zero-order valence-electron chi connectivity index (χ0n) is 14.0. The summed E-state index contributed by atoms with van der Waals surface area (Å²) in [4.78, 5) is 10.8. The Morgan fingerprint density at radius 3 is 2.17 bits per heavy atom. The number of carbonyl (C=O) groups excluding carboxylic acids is 1. The van der Waals surface area contributed by atoms with Gasteiger partial charge in [0.15, 0.2) is 11.5 Å². The number of hydrogen-bond donors (Lipinski definition) is 3. The van der Waals surface area contributed by atoms with Crippen LogP contribution < -0.4 is 0 Å². The van der Waals surface area contributed by atoms with E-state index in [0.29, 0.717) is 18.6 Å². The molecule has 24 heavy (non-hydrogen) atoms. The molecular formula is C20H27O4+. The van der Waals surface area contributed by atoms with E-state index < -0.39 is 6.10 Å². The maximum atomic E-state index is 10.8. The van der Waals surface area contributed by atoms with Gasteiger partial charge in [0.2, 0.25) is 0 Å². The van der Waals surface area contributed by atoms with E-state index in [0.717, 1.165) is 42.6 Å². The third kappa shape index (κ3) is 2.81. The van der Waals surface area contributed by atoms with Crippen molar-refractivity contribution in [3.05, 3.63) is 23.8 Å². The molecule has 4 aliphatic rings. The van der Waals surface area contributed by atoms with Crippen molar-refractivity contribution in [3.8, 4) is 11.5 Å². The molecule has 0 radical (unpaired) electrons. The van der Waals surface area contributed by atoms with Crippen LogP contribution in [0.25, 0.3) is 0 Å². The second-order valence-corrected chi connectivity index (χ2v) is 8.53. The number of ketones is 1. The molecule has 4 fully saturated rings. The molecule has 0 spiro atoms. The SMILES string of the molecule is Oc1ccc(CC(O)CC(=[OH+])C23CC4CC(CC(C4)C2)C3)cc1O. The van der Waals surface area contributed by atoms with Crippen LogP contribution in [0.15, 0.2) is 18.2 Å². The average molecular weight is 331 g/mol. The van der Waals surface area contributed by atoms with E-state index in [2.05, 4.69) is 0 Å². The second kappa shape index (κ2) is 5.76. The number of aliphatic hydroxyl groups is 1. The van der Waals surface area contributed by atoms with Gasteiger partial charge in [-0.3, -0.25) is 4.79 Å². The highest BCUT2D eigenvalue weighted by Crippen LogP contribution is 2.60. The Hall–Kier alpha value is -1.55. The molecule has 4 N–H and O–H groups in total. The number of phenolic OH excluding ortho intramolecular Hbond substituents is 2. The van der Waals surface area contributed by atoms with E-state index in [4.69, 9.17) is 0 Å². The van der Waals surface area contributed by atoms with Crippen LogP contribution in [-0.2, 0) is 6.42 Å². The summed E-state index contributed by atoms with van der Waals surface area (Å²) < 4.78 is 0. The van der Waals surface area contributed by atoms with Gasteiger partial charge in [-0.25, -0.2) is 0 Å². The molecule has 0 amide bonds. The third-order valence-corrected chi connectivity index (χ3v) is 6.59. The van der Waals surface area contributed by atoms with Crippen molar-refractivity contribution >= 4 is 5.78 Å². The number of aromatic hydroxyl groups is 2. The number of hydrogen-bond acceptors (Lipinski definition) is 3. The predicted molar refractivity (Wildman–Crippen MR) is 91.6 cm³/mol. The smallest absolute Gasteiger partial charge is 0.301 e. The first-order chi connectivity index (χ1) is 11.4. The average Bonchev–Trinajstić information content (AvgIpc) is 2.49. The van der Waals surface area contributed by atoms with Crippen molar-refractivity contribution in [1.29, 1.82) is 0 Å². The molecule has 0 saturated heterocycles. The Morgan fingerprint density at radius 2 is 1.62 bits per heavy atom. The van der Waals surface area contributed by atoms with Gasteiger partial charge in [-0.15, -0.1) is 0 Å². The summed E-state index contributed by atoms with van der Waals surface area (Å²) in [6.07, 6.45) is 7.30. The van der Waals surface area contributed by atoms with E-state index in [1.807, 2.05) is 0 Å². The topological polar surface area (TPSA) is 82.1 Å². The van der Waals surface area contributed by atoms with Gasteiger partial charge < -0.3 is 15.3 Å². The van der Waals surface area contributed by atoms with Crippen LogP contribution in [0.5, 0.6) is 11.5 Å². The molecule has 4 aliphatic carbocycles. The molecule has 1 aromatic rings. The first-order valence-corrected chi connectivity index (χ1v) is 9.18. The number of phenols is 2. The Bertz CT molecular complexity index is 616. The summed E-state index contributed by atoms with van der Waals surface area (Å²) in [5, 5.41) is 29.3. The van der Waals surface area contributed by atoms with E-state index >= 15 is 0 Å². The van der Waals surface area contributed by atoms with Gasteiger partial charge in [-0.05, 0) is 80.4 Å². The lowest BCUT2D eigenvalue weighted by Gasteiger charge is -2.54. The highest BCUT2D eigenvalue weighted by molar-refractivity contribution is 5.86. The number of benzene rings is 1. The number of aliphatic hydroxyl groups excluding tert-OH is 1. The van der Waals surface area contributed by atoms with Crippen LogP contribution in [0, 0.1) is 23.2 Å². The summed E-state index contributed by atoms with van der Waals surface area (Å²) in [5.41, 5.74) is 0.712. The van der Waals surface area contributed by atoms with Gasteiger partial charge in [0.1, 0.15) is 0 Å². The monoisotopic (exact) mass is 331 g/mol. The molecule has 0 aromatic heterocycles. The van der Waals surface area contributed by atoms with E-state index in [-0.39, 0.29) is 16.9 Å². The summed E-state index contributed by atoms with van der Waals surface area (Å²) in [6.45, 7) is 0. The first kappa shape index (κ1) is 15.9. The van der Waals surface area contributed by atoms with Crippen molar-refractivity contribution in [2.75, 3.05) is 0 Å². The van der Waals surface area contributed by atoms with Crippen molar-refractivity contribution in [1.82, 2.24) is 0 Å². The van der Waals surface area contributed by atoms with Crippen LogP contribution in [0.1, 0.15) is 50.5 Å². The van der Waals surface area contributed by atoms with Crippen molar-refractivity contribution in [2.45, 2.75) is 57.5 Å². The Balaban J connectivity index is 1.41. The zero-order valence-corrected chi connectivity index (χ0v) is 14.0. The van der Waals surface area contributed by atoms with Crippen molar-refractivity contribution in [2.24, 2.45) is 23.2 Å². The molecule has 0 heterocycles. The fraction of sp³-hybridized carbons (Fsp3) is 0.650. The highest BCUT2D eigenvalue weighted by atomic mass is 16.3. The summed E-state index contributed by atoms with van der Waals surface area (Å²) in [6, 6.07) is 4.60. The lowest BCUT2D eigenvalue weighted by Crippen LogP contribution is -2.50. The number of rotatable bonds is 5. The van der Waals surface area contributed by atoms with Gasteiger partial charge >= 0.3 is 5.78 Å². The molecule has 1 unspecified atom stereocenters. The largest absolute Gasteiger partial charge is 0.504 e. The lowest BCUT2D eigenvalue weighted by molar-refractivity contribution is -0.0182. The highest BCUT2D eigenvalue weighted by Gasteiger charge is 2.57. The van der Waals surface area contributed by atoms with E-state index in [1.54, 1.807) is 6.07 Å².